The maximum absolute atomic E-state index is 13.4. The molecule has 0 heterocycles. The molecule has 3 fully saturated rings. The number of carbonyl (C=O) groups excluding carboxylic acids is 1. The van der Waals surface area contributed by atoms with Crippen LogP contribution < -0.4 is 10.0 Å². The molecule has 2 bridgehead atoms. The highest BCUT2D eigenvalue weighted by atomic mass is 32.2. The topological polar surface area (TPSA) is 75.3 Å². The van der Waals surface area contributed by atoms with Crippen LogP contribution in [0, 0.1) is 11.3 Å². The van der Waals surface area contributed by atoms with Crippen LogP contribution >= 0.6 is 0 Å². The second-order valence-corrected chi connectivity index (χ2v) is 12.6. The molecule has 0 saturated heterocycles. The van der Waals surface area contributed by atoms with E-state index in [0.717, 1.165) is 11.6 Å². The third kappa shape index (κ3) is 5.17. The van der Waals surface area contributed by atoms with Crippen LogP contribution in [0.5, 0.6) is 0 Å². The van der Waals surface area contributed by atoms with Crippen molar-refractivity contribution in [2.75, 3.05) is 4.72 Å². The van der Waals surface area contributed by atoms with Gasteiger partial charge < -0.3 is 5.32 Å². The Morgan fingerprint density at radius 1 is 0.892 bits per heavy atom. The van der Waals surface area contributed by atoms with Gasteiger partial charge in [-0.3, -0.25) is 9.52 Å². The first-order valence-corrected chi connectivity index (χ1v) is 13.0. The molecule has 0 radical (unpaired) electrons. The average molecular weight is 549 g/mol. The second kappa shape index (κ2) is 8.64. The summed E-state index contributed by atoms with van der Waals surface area (Å²) >= 11 is 0. The number of sulfonamides is 1. The van der Waals surface area contributed by atoms with E-state index in [2.05, 4.69) is 10.0 Å². The first-order valence-electron chi connectivity index (χ1n) is 11.5. The monoisotopic (exact) mass is 548 g/mol. The highest BCUT2D eigenvalue weighted by molar-refractivity contribution is 7.92. The predicted octanol–water partition coefficient (Wildman–Crippen LogP) is 6.26. The lowest BCUT2D eigenvalue weighted by molar-refractivity contribution is -0.244. The van der Waals surface area contributed by atoms with Gasteiger partial charge in [-0.25, -0.2) is 8.42 Å². The fourth-order valence-electron chi connectivity index (χ4n) is 5.09. The van der Waals surface area contributed by atoms with Crippen molar-refractivity contribution >= 4 is 21.6 Å². The Labute approximate surface area is 210 Å². The Bertz CT molecular complexity index is 1310. The van der Waals surface area contributed by atoms with Gasteiger partial charge in [0.1, 0.15) is 0 Å². The van der Waals surface area contributed by atoms with Crippen molar-refractivity contribution in [3.8, 4) is 0 Å². The van der Waals surface area contributed by atoms with Crippen LogP contribution in [-0.4, -0.2) is 26.5 Å². The normalized spacial score (nSPS) is 23.9. The lowest BCUT2D eigenvalue weighted by Crippen LogP contribution is -2.42. The lowest BCUT2D eigenvalue weighted by atomic mass is 9.69. The van der Waals surface area contributed by atoms with Crippen molar-refractivity contribution in [2.24, 2.45) is 11.3 Å². The zero-order valence-corrected chi connectivity index (χ0v) is 21.0. The van der Waals surface area contributed by atoms with Crippen LogP contribution in [0.3, 0.4) is 0 Å². The minimum Gasteiger partial charge on any atom is -0.349 e. The Hall–Kier alpha value is -2.76. The van der Waals surface area contributed by atoms with Crippen molar-refractivity contribution in [1.82, 2.24) is 5.32 Å². The Morgan fingerprint density at radius 3 is 1.95 bits per heavy atom. The van der Waals surface area contributed by atoms with Gasteiger partial charge in [-0.2, -0.15) is 26.3 Å². The quantitative estimate of drug-likeness (QED) is 0.433. The second-order valence-electron chi connectivity index (χ2n) is 10.9. The van der Waals surface area contributed by atoms with Crippen LogP contribution in [0.4, 0.5) is 32.0 Å². The van der Waals surface area contributed by atoms with Gasteiger partial charge in [-0.15, -0.1) is 0 Å². The van der Waals surface area contributed by atoms with Crippen LogP contribution in [0.25, 0.3) is 0 Å². The minimum absolute atomic E-state index is 0.126. The van der Waals surface area contributed by atoms with E-state index in [0.29, 0.717) is 12.1 Å². The molecule has 1 unspecified atom stereocenters. The van der Waals surface area contributed by atoms with E-state index in [4.69, 9.17) is 0 Å². The molecular formula is C25H26F6N2O3S. The van der Waals surface area contributed by atoms with Gasteiger partial charge in [0.2, 0.25) is 0 Å². The summed E-state index contributed by atoms with van der Waals surface area (Å²) in [5.74, 6) is -1.36. The summed E-state index contributed by atoms with van der Waals surface area (Å²) in [5.41, 5.74) is -3.54. The lowest BCUT2D eigenvalue weighted by Gasteiger charge is -2.39. The van der Waals surface area contributed by atoms with Crippen molar-refractivity contribution < 1.29 is 39.6 Å². The molecule has 202 valence electrons. The molecule has 3 aliphatic carbocycles. The molecule has 0 aliphatic heterocycles. The molecule has 3 saturated carbocycles. The van der Waals surface area contributed by atoms with Gasteiger partial charge in [0.15, 0.2) is 0 Å². The molecule has 0 spiro atoms. The molecule has 5 nitrogen and oxygen atoms in total. The number of hydrogen-bond acceptors (Lipinski definition) is 3. The third-order valence-electron chi connectivity index (χ3n) is 7.27. The SMILES string of the molecule is CC(C)(C)c1ccc(S(=O)(=O)Nc2cc(C(F)(F)F)ccc2C(=O)NC2CC3(C(F)(F)F)CC2C3)cc1. The first-order chi connectivity index (χ1) is 16.8. The molecule has 2 aromatic carbocycles. The van der Waals surface area contributed by atoms with Crippen LogP contribution in [-0.2, 0) is 21.6 Å². The van der Waals surface area contributed by atoms with E-state index in [-0.39, 0.29) is 29.6 Å². The van der Waals surface area contributed by atoms with Crippen molar-refractivity contribution in [3.63, 3.8) is 0 Å². The summed E-state index contributed by atoms with van der Waals surface area (Å²) in [6.45, 7) is 5.77. The highest BCUT2D eigenvalue weighted by Gasteiger charge is 2.69. The highest BCUT2D eigenvalue weighted by Crippen LogP contribution is 2.66. The fourth-order valence-corrected chi connectivity index (χ4v) is 6.16. The number of alkyl halides is 6. The van der Waals surface area contributed by atoms with Gasteiger partial charge in [-0.05, 0) is 66.5 Å². The molecule has 3 aliphatic rings. The van der Waals surface area contributed by atoms with E-state index < -0.39 is 62.5 Å². The maximum atomic E-state index is 13.4. The van der Waals surface area contributed by atoms with E-state index >= 15 is 0 Å². The number of hydrogen-bond donors (Lipinski definition) is 2. The number of rotatable bonds is 5. The Balaban J connectivity index is 1.62. The van der Waals surface area contributed by atoms with Crippen molar-refractivity contribution in [3.05, 3.63) is 59.2 Å². The van der Waals surface area contributed by atoms with E-state index in [1.54, 1.807) is 12.1 Å². The van der Waals surface area contributed by atoms with Gasteiger partial charge in [0.25, 0.3) is 15.9 Å². The number of halogens is 6. The largest absolute Gasteiger partial charge is 0.416 e. The minimum atomic E-state index is -4.82. The van der Waals surface area contributed by atoms with Crippen LogP contribution in [0.15, 0.2) is 47.4 Å². The van der Waals surface area contributed by atoms with Crippen molar-refractivity contribution in [1.29, 1.82) is 0 Å². The first kappa shape index (κ1) is 27.3. The molecule has 2 N–H and O–H groups in total. The Morgan fingerprint density at radius 2 is 1.46 bits per heavy atom. The third-order valence-corrected chi connectivity index (χ3v) is 8.65. The zero-order chi connectivity index (χ0) is 27.6. The number of nitrogens with one attached hydrogen (secondary N) is 2. The molecule has 1 amide bonds. The van der Waals surface area contributed by atoms with Crippen LogP contribution in [0.2, 0.25) is 0 Å². The van der Waals surface area contributed by atoms with Gasteiger partial charge in [-0.1, -0.05) is 32.9 Å². The van der Waals surface area contributed by atoms with Crippen LogP contribution in [0.1, 0.15) is 61.5 Å². The summed E-state index contributed by atoms with van der Waals surface area (Å²) in [4.78, 5) is 12.7. The zero-order valence-electron chi connectivity index (χ0n) is 20.2. The van der Waals surface area contributed by atoms with E-state index in [1.807, 2.05) is 20.8 Å². The maximum Gasteiger partial charge on any atom is 0.416 e. The Kier molecular flexibility index (Phi) is 6.37. The molecule has 12 heteroatoms. The van der Waals surface area contributed by atoms with E-state index in [1.165, 1.54) is 12.1 Å². The summed E-state index contributed by atoms with van der Waals surface area (Å²) in [5, 5.41) is 2.48. The standard InChI is InChI=1S/C25H26F6N2O3S/c1-22(2,3)15-4-7-17(8-5-15)37(35,36)33-19-10-16(24(26,27)28)6-9-18(19)21(34)32-20-13-23(25(29,30)31)11-14(20)12-23/h4-10,14,20,33H,11-13H2,1-3H3,(H,32,34). The summed E-state index contributed by atoms with van der Waals surface area (Å²) in [6.07, 6.45) is -9.82. The predicted molar refractivity (Wildman–Crippen MR) is 124 cm³/mol. The summed E-state index contributed by atoms with van der Waals surface area (Å²) in [6, 6.07) is 6.90. The molecule has 37 heavy (non-hydrogen) atoms. The van der Waals surface area contributed by atoms with Crippen molar-refractivity contribution in [2.45, 2.75) is 68.7 Å². The summed E-state index contributed by atoms with van der Waals surface area (Å²) < 4.78 is 108. The number of amides is 1. The van der Waals surface area contributed by atoms with Gasteiger partial charge in [0.05, 0.1) is 27.1 Å². The average Bonchev–Trinajstić information content (AvgIpc) is 3.28. The molecule has 0 aromatic heterocycles. The summed E-state index contributed by atoms with van der Waals surface area (Å²) in [7, 11) is -4.40. The van der Waals surface area contributed by atoms with Gasteiger partial charge >= 0.3 is 12.4 Å². The smallest absolute Gasteiger partial charge is 0.349 e. The number of fused-ring (bicyclic) bond motifs is 1. The molecular weight excluding hydrogens is 522 g/mol. The number of carbonyl (C=O) groups is 1. The molecule has 1 atom stereocenters. The molecule has 5 rings (SSSR count). The fraction of sp³-hybridized carbons (Fsp3) is 0.480. The van der Waals surface area contributed by atoms with Gasteiger partial charge in [0, 0.05) is 6.04 Å². The van der Waals surface area contributed by atoms with E-state index in [9.17, 15) is 39.6 Å². The number of benzene rings is 2. The molecule has 2 aromatic rings. The number of anilines is 1.